The van der Waals surface area contributed by atoms with E-state index in [9.17, 15) is 14.4 Å². The zero-order valence-corrected chi connectivity index (χ0v) is 16.8. The molecule has 2 aliphatic rings. The Kier molecular flexibility index (Phi) is 7.46. The molecule has 8 heteroatoms. The lowest BCUT2D eigenvalue weighted by Crippen LogP contribution is -2.45. The fourth-order valence-electron chi connectivity index (χ4n) is 3.63. The number of benzene rings is 1. The monoisotopic (exact) mass is 403 g/mol. The van der Waals surface area contributed by atoms with Gasteiger partial charge >= 0.3 is 0 Å². The number of ether oxygens (including phenoxy) is 2. The highest BCUT2D eigenvalue weighted by Crippen LogP contribution is 2.20. The number of carbonyl (C=O) groups is 3. The topological polar surface area (TPSA) is 97.0 Å². The summed E-state index contributed by atoms with van der Waals surface area (Å²) in [6, 6.07) is 6.47. The first-order valence-electron chi connectivity index (χ1n) is 10.2. The number of rotatable bonds is 6. The van der Waals surface area contributed by atoms with Crippen LogP contribution in [0.5, 0.6) is 5.75 Å². The molecule has 0 aromatic heterocycles. The molecule has 1 aromatic rings. The quantitative estimate of drug-likeness (QED) is 0.742. The van der Waals surface area contributed by atoms with E-state index in [-0.39, 0.29) is 30.4 Å². The Morgan fingerprint density at radius 3 is 2.55 bits per heavy atom. The van der Waals surface area contributed by atoms with Crippen LogP contribution >= 0.6 is 0 Å². The maximum atomic E-state index is 12.4. The smallest absolute Gasteiger partial charge is 0.251 e. The van der Waals surface area contributed by atoms with Crippen molar-refractivity contribution in [2.45, 2.75) is 44.2 Å². The van der Waals surface area contributed by atoms with Crippen LogP contribution in [-0.2, 0) is 14.3 Å². The molecule has 0 radical (unpaired) electrons. The van der Waals surface area contributed by atoms with Crippen LogP contribution in [0.2, 0.25) is 0 Å². The van der Waals surface area contributed by atoms with Gasteiger partial charge in [-0.15, -0.1) is 0 Å². The molecule has 2 saturated heterocycles. The Bertz CT molecular complexity index is 714. The van der Waals surface area contributed by atoms with Gasteiger partial charge < -0.3 is 25.0 Å². The van der Waals surface area contributed by atoms with E-state index in [0.717, 1.165) is 25.7 Å². The van der Waals surface area contributed by atoms with Gasteiger partial charge in [-0.05, 0) is 43.5 Å². The summed E-state index contributed by atoms with van der Waals surface area (Å²) >= 11 is 0. The SMILES string of the molecule is COCC(=O)N1CCC(Oc2ccc(C(=O)N[C@H]3CCCCNC3=O)cc2)CC1. The number of likely N-dealkylation sites (tertiary alicyclic amines) is 1. The highest BCUT2D eigenvalue weighted by atomic mass is 16.5. The molecular weight excluding hydrogens is 374 g/mol. The van der Waals surface area contributed by atoms with E-state index in [1.165, 1.54) is 7.11 Å². The summed E-state index contributed by atoms with van der Waals surface area (Å²) in [7, 11) is 1.52. The molecule has 2 N–H and O–H groups in total. The van der Waals surface area contributed by atoms with Gasteiger partial charge in [-0.3, -0.25) is 14.4 Å². The molecule has 158 valence electrons. The van der Waals surface area contributed by atoms with Crippen molar-refractivity contribution < 1.29 is 23.9 Å². The normalized spacial score (nSPS) is 20.5. The first kappa shape index (κ1) is 21.1. The summed E-state index contributed by atoms with van der Waals surface area (Å²) < 4.78 is 10.9. The van der Waals surface area contributed by atoms with Crippen LogP contribution in [0.3, 0.4) is 0 Å². The summed E-state index contributed by atoms with van der Waals surface area (Å²) in [6.45, 7) is 2.07. The molecule has 3 amide bonds. The van der Waals surface area contributed by atoms with Crippen molar-refractivity contribution in [3.8, 4) is 5.75 Å². The Morgan fingerprint density at radius 2 is 1.86 bits per heavy atom. The van der Waals surface area contributed by atoms with Crippen molar-refractivity contribution in [1.29, 1.82) is 0 Å². The highest BCUT2D eigenvalue weighted by molar-refractivity contribution is 5.97. The Morgan fingerprint density at radius 1 is 1.14 bits per heavy atom. The average molecular weight is 403 g/mol. The third-order valence-corrected chi connectivity index (χ3v) is 5.32. The molecule has 29 heavy (non-hydrogen) atoms. The van der Waals surface area contributed by atoms with E-state index in [0.29, 0.717) is 37.4 Å². The number of nitrogens with zero attached hydrogens (tertiary/aromatic N) is 1. The summed E-state index contributed by atoms with van der Waals surface area (Å²) in [5.41, 5.74) is 0.495. The predicted molar refractivity (Wildman–Crippen MR) is 107 cm³/mol. The van der Waals surface area contributed by atoms with Gasteiger partial charge in [-0.1, -0.05) is 0 Å². The fraction of sp³-hybridized carbons (Fsp3) is 0.571. The van der Waals surface area contributed by atoms with Gasteiger partial charge in [0.2, 0.25) is 11.8 Å². The highest BCUT2D eigenvalue weighted by Gasteiger charge is 2.25. The number of piperidine rings is 1. The molecule has 2 fully saturated rings. The van der Waals surface area contributed by atoms with Gasteiger partial charge in [-0.2, -0.15) is 0 Å². The summed E-state index contributed by atoms with van der Waals surface area (Å²) in [4.78, 5) is 38.1. The van der Waals surface area contributed by atoms with Gasteiger partial charge in [0.15, 0.2) is 0 Å². The van der Waals surface area contributed by atoms with Crippen molar-refractivity contribution in [2.75, 3.05) is 33.4 Å². The van der Waals surface area contributed by atoms with Gasteiger partial charge in [0, 0.05) is 45.1 Å². The molecule has 1 atom stereocenters. The van der Waals surface area contributed by atoms with E-state index in [1.807, 2.05) is 0 Å². The first-order valence-corrected chi connectivity index (χ1v) is 10.2. The van der Waals surface area contributed by atoms with Gasteiger partial charge in [0.1, 0.15) is 24.5 Å². The lowest BCUT2D eigenvalue weighted by molar-refractivity contribution is -0.136. The average Bonchev–Trinajstić information content (AvgIpc) is 2.93. The number of hydrogen-bond acceptors (Lipinski definition) is 5. The zero-order chi connectivity index (χ0) is 20.6. The second kappa shape index (κ2) is 10.2. The zero-order valence-electron chi connectivity index (χ0n) is 16.8. The van der Waals surface area contributed by atoms with Crippen LogP contribution in [0.15, 0.2) is 24.3 Å². The fourth-order valence-corrected chi connectivity index (χ4v) is 3.63. The predicted octanol–water partition coefficient (Wildman–Crippen LogP) is 1.10. The molecule has 2 heterocycles. The van der Waals surface area contributed by atoms with Gasteiger partial charge in [0.25, 0.3) is 5.91 Å². The molecule has 3 rings (SSSR count). The van der Waals surface area contributed by atoms with Gasteiger partial charge in [0.05, 0.1) is 0 Å². The molecule has 0 bridgehead atoms. The maximum absolute atomic E-state index is 12.4. The van der Waals surface area contributed by atoms with Crippen LogP contribution in [0.25, 0.3) is 0 Å². The molecule has 0 saturated carbocycles. The lowest BCUT2D eigenvalue weighted by Gasteiger charge is -2.32. The number of methoxy groups -OCH3 is 1. The summed E-state index contributed by atoms with van der Waals surface area (Å²) in [5.74, 6) is 0.314. The summed E-state index contributed by atoms with van der Waals surface area (Å²) in [6.07, 6.45) is 4.06. The second-order valence-corrected chi connectivity index (χ2v) is 7.47. The third kappa shape index (κ3) is 5.93. The van der Waals surface area contributed by atoms with Crippen LogP contribution in [0.1, 0.15) is 42.5 Å². The molecule has 2 aliphatic heterocycles. The lowest BCUT2D eigenvalue weighted by atomic mass is 10.1. The van der Waals surface area contributed by atoms with Crippen LogP contribution < -0.4 is 15.4 Å². The van der Waals surface area contributed by atoms with Gasteiger partial charge in [-0.25, -0.2) is 0 Å². The Balaban J connectivity index is 1.48. The van der Waals surface area contributed by atoms with Crippen molar-refractivity contribution in [3.05, 3.63) is 29.8 Å². The molecule has 8 nitrogen and oxygen atoms in total. The molecule has 0 aliphatic carbocycles. The van der Waals surface area contributed by atoms with Crippen molar-refractivity contribution in [2.24, 2.45) is 0 Å². The largest absolute Gasteiger partial charge is 0.490 e. The van der Waals surface area contributed by atoms with Crippen LogP contribution in [0.4, 0.5) is 0 Å². The van der Waals surface area contributed by atoms with Crippen molar-refractivity contribution >= 4 is 17.7 Å². The van der Waals surface area contributed by atoms with Crippen molar-refractivity contribution in [1.82, 2.24) is 15.5 Å². The maximum Gasteiger partial charge on any atom is 0.251 e. The molecule has 1 aromatic carbocycles. The number of hydrogen-bond donors (Lipinski definition) is 2. The number of amides is 3. The second-order valence-electron chi connectivity index (χ2n) is 7.47. The number of nitrogens with one attached hydrogen (secondary N) is 2. The van der Waals surface area contributed by atoms with E-state index in [1.54, 1.807) is 29.2 Å². The summed E-state index contributed by atoms with van der Waals surface area (Å²) in [5, 5.41) is 5.63. The van der Waals surface area contributed by atoms with Crippen LogP contribution in [0, 0.1) is 0 Å². The standard InChI is InChI=1S/C21H29N3O5/c1-28-14-19(25)24-12-9-17(10-13-24)29-16-7-5-15(6-8-16)20(26)23-18-4-2-3-11-22-21(18)27/h5-8,17-18H,2-4,9-14H2,1H3,(H,22,27)(H,23,26)/t18-/m0/s1. The molecule has 0 spiro atoms. The van der Waals surface area contributed by atoms with E-state index < -0.39 is 6.04 Å². The van der Waals surface area contributed by atoms with Crippen molar-refractivity contribution in [3.63, 3.8) is 0 Å². The number of carbonyl (C=O) groups excluding carboxylic acids is 3. The minimum atomic E-state index is -0.480. The molecular formula is C21H29N3O5. The molecule has 0 unspecified atom stereocenters. The minimum absolute atomic E-state index is 0.00339. The third-order valence-electron chi connectivity index (χ3n) is 5.32. The Labute approximate surface area is 170 Å². The van der Waals surface area contributed by atoms with E-state index in [2.05, 4.69) is 10.6 Å². The first-order chi connectivity index (χ1) is 14.1. The van der Waals surface area contributed by atoms with E-state index >= 15 is 0 Å². The van der Waals surface area contributed by atoms with E-state index in [4.69, 9.17) is 9.47 Å². The van der Waals surface area contributed by atoms with Crippen LogP contribution in [-0.4, -0.2) is 68.1 Å². The minimum Gasteiger partial charge on any atom is -0.490 e. The Hall–Kier alpha value is -2.61.